The van der Waals surface area contributed by atoms with Crippen LogP contribution in [0.25, 0.3) is 0 Å². The summed E-state index contributed by atoms with van der Waals surface area (Å²) in [6, 6.07) is 0. The van der Waals surface area contributed by atoms with E-state index in [4.69, 9.17) is 18.9 Å². The fourth-order valence-electron chi connectivity index (χ4n) is 8.53. The first-order chi connectivity index (χ1) is 17.7. The van der Waals surface area contributed by atoms with Crippen LogP contribution in [0.4, 0.5) is 0 Å². The molecule has 0 atom stereocenters. The highest BCUT2D eigenvalue weighted by Crippen LogP contribution is 2.46. The lowest BCUT2D eigenvalue weighted by Gasteiger charge is -2.40. The fourth-order valence-corrected chi connectivity index (χ4v) is 8.53. The molecule has 2 saturated heterocycles. The standard InChI is InChI=1S/C19H30O2.C13H20O2.CH4/c1-2-4-15(3-1)16-5-7-17(8-6-16)18-9-11-19(12-10-18)20-13-14-21-19;1-2-4-11(3-1)12-5-7-13(8-6-12)14-9-10-15-13;/h17-18H,1-14H2;1-10H2;1H4. The van der Waals surface area contributed by atoms with E-state index in [9.17, 15) is 0 Å². The maximum atomic E-state index is 5.87. The predicted octanol–water partition coefficient (Wildman–Crippen LogP) is 8.79. The molecular weight excluding hydrogens is 460 g/mol. The first-order valence-corrected chi connectivity index (χ1v) is 15.7. The zero-order valence-corrected chi connectivity index (χ0v) is 22.8. The smallest absolute Gasteiger partial charge is 0.169 e. The van der Waals surface area contributed by atoms with Crippen molar-refractivity contribution in [1.29, 1.82) is 0 Å². The second kappa shape index (κ2) is 12.7. The fraction of sp³-hybridized carbons (Fsp3) is 0.879. The van der Waals surface area contributed by atoms with Gasteiger partial charge < -0.3 is 18.9 Å². The van der Waals surface area contributed by atoms with Crippen LogP contribution >= 0.6 is 0 Å². The third-order valence-electron chi connectivity index (χ3n) is 10.7. The summed E-state index contributed by atoms with van der Waals surface area (Å²) >= 11 is 0. The number of rotatable bonds is 1. The molecule has 0 aromatic carbocycles. The highest BCUT2D eigenvalue weighted by atomic mass is 16.7. The maximum Gasteiger partial charge on any atom is 0.169 e. The molecular formula is C33H54O4. The van der Waals surface area contributed by atoms with Crippen LogP contribution in [0.1, 0.15) is 136 Å². The maximum absolute atomic E-state index is 5.87. The summed E-state index contributed by atoms with van der Waals surface area (Å²) in [5, 5.41) is 0. The third kappa shape index (κ3) is 6.56. The van der Waals surface area contributed by atoms with Crippen molar-refractivity contribution >= 4 is 0 Å². The van der Waals surface area contributed by atoms with E-state index in [1.165, 1.54) is 103 Å². The quantitative estimate of drug-likeness (QED) is 0.328. The van der Waals surface area contributed by atoms with E-state index in [1.54, 1.807) is 11.1 Å². The van der Waals surface area contributed by atoms with Crippen molar-refractivity contribution < 1.29 is 18.9 Å². The predicted molar refractivity (Wildman–Crippen MR) is 149 cm³/mol. The molecule has 7 aliphatic rings. The van der Waals surface area contributed by atoms with Crippen molar-refractivity contribution in [2.75, 3.05) is 26.4 Å². The second-order valence-corrected chi connectivity index (χ2v) is 12.7. The Kier molecular flexibility index (Phi) is 9.54. The summed E-state index contributed by atoms with van der Waals surface area (Å²) in [4.78, 5) is 0. The topological polar surface area (TPSA) is 36.9 Å². The van der Waals surface area contributed by atoms with Gasteiger partial charge in [0, 0.05) is 25.7 Å². The first-order valence-electron chi connectivity index (χ1n) is 15.7. The molecule has 0 aromatic heterocycles. The Balaban J connectivity index is 0.000000155. The molecule has 5 aliphatic carbocycles. The monoisotopic (exact) mass is 514 g/mol. The summed E-state index contributed by atoms with van der Waals surface area (Å²) in [6.45, 7) is 3.22. The lowest BCUT2D eigenvalue weighted by molar-refractivity contribution is -0.185. The molecule has 2 heterocycles. The van der Waals surface area contributed by atoms with Gasteiger partial charge in [-0.1, -0.05) is 29.7 Å². The van der Waals surface area contributed by atoms with Gasteiger partial charge >= 0.3 is 0 Å². The summed E-state index contributed by atoms with van der Waals surface area (Å²) in [5.74, 6) is 1.58. The molecule has 0 aromatic rings. The van der Waals surface area contributed by atoms with E-state index in [2.05, 4.69) is 0 Å². The van der Waals surface area contributed by atoms with E-state index in [1.807, 2.05) is 11.1 Å². The molecule has 0 N–H and O–H groups in total. The molecule has 37 heavy (non-hydrogen) atoms. The Morgan fingerprint density at radius 3 is 1.22 bits per heavy atom. The SMILES string of the molecule is C.C1CCC(=C2CCC(C3CCC4(CC3)OCCO4)CC2)C1.C1CCC(=C2CCC3(CC2)OCCO3)C1. The van der Waals surface area contributed by atoms with Crippen molar-refractivity contribution in [3.8, 4) is 0 Å². The van der Waals surface area contributed by atoms with Crippen LogP contribution < -0.4 is 0 Å². The van der Waals surface area contributed by atoms with Crippen molar-refractivity contribution in [3.05, 3.63) is 22.3 Å². The van der Waals surface area contributed by atoms with Crippen LogP contribution in [0, 0.1) is 11.8 Å². The minimum absolute atomic E-state index is 0. The molecule has 0 unspecified atom stereocenters. The van der Waals surface area contributed by atoms with Crippen molar-refractivity contribution in [2.45, 2.75) is 147 Å². The van der Waals surface area contributed by atoms with Gasteiger partial charge in [0.25, 0.3) is 0 Å². The minimum atomic E-state index is -0.178. The van der Waals surface area contributed by atoms with Crippen LogP contribution in [0.2, 0.25) is 0 Å². The third-order valence-corrected chi connectivity index (χ3v) is 10.7. The molecule has 4 nitrogen and oxygen atoms in total. The van der Waals surface area contributed by atoms with Gasteiger partial charge in [0.05, 0.1) is 26.4 Å². The van der Waals surface area contributed by atoms with Gasteiger partial charge in [-0.2, -0.15) is 0 Å². The van der Waals surface area contributed by atoms with Crippen molar-refractivity contribution in [1.82, 2.24) is 0 Å². The Bertz CT molecular complexity index is 766. The van der Waals surface area contributed by atoms with E-state index < -0.39 is 0 Å². The molecule has 2 aliphatic heterocycles. The molecule has 0 bridgehead atoms. The van der Waals surface area contributed by atoms with E-state index in [0.717, 1.165) is 63.9 Å². The molecule has 0 amide bonds. The highest BCUT2D eigenvalue weighted by molar-refractivity contribution is 5.20. The first kappa shape index (κ1) is 27.9. The molecule has 4 heteroatoms. The van der Waals surface area contributed by atoms with Crippen LogP contribution in [0.5, 0.6) is 0 Å². The van der Waals surface area contributed by atoms with Crippen molar-refractivity contribution in [3.63, 3.8) is 0 Å². The molecule has 5 saturated carbocycles. The van der Waals surface area contributed by atoms with Gasteiger partial charge in [0.15, 0.2) is 11.6 Å². The summed E-state index contributed by atoms with van der Waals surface area (Å²) in [5.41, 5.74) is 7.21. The van der Waals surface area contributed by atoms with Gasteiger partial charge in [0.1, 0.15) is 0 Å². The average molecular weight is 515 g/mol. The van der Waals surface area contributed by atoms with Gasteiger partial charge in [-0.25, -0.2) is 0 Å². The summed E-state index contributed by atoms with van der Waals surface area (Å²) < 4.78 is 23.2. The van der Waals surface area contributed by atoms with Crippen LogP contribution in [-0.4, -0.2) is 38.0 Å². The highest BCUT2D eigenvalue weighted by Gasteiger charge is 2.42. The van der Waals surface area contributed by atoms with Gasteiger partial charge in [0.2, 0.25) is 0 Å². The number of hydrogen-bond donors (Lipinski definition) is 0. The van der Waals surface area contributed by atoms with Gasteiger partial charge in [-0.3, -0.25) is 0 Å². The average Bonchev–Trinajstić information content (AvgIpc) is 3.75. The van der Waals surface area contributed by atoms with Crippen LogP contribution in [-0.2, 0) is 18.9 Å². The molecule has 7 rings (SSSR count). The Labute approximate surface area is 226 Å². The van der Waals surface area contributed by atoms with E-state index >= 15 is 0 Å². The molecule has 0 radical (unpaired) electrons. The van der Waals surface area contributed by atoms with Crippen LogP contribution in [0.15, 0.2) is 22.3 Å². The van der Waals surface area contributed by atoms with Crippen LogP contribution in [0.3, 0.4) is 0 Å². The summed E-state index contributed by atoms with van der Waals surface area (Å²) in [7, 11) is 0. The number of ether oxygens (including phenoxy) is 4. The lowest BCUT2D eigenvalue weighted by atomic mass is 9.70. The second-order valence-electron chi connectivity index (χ2n) is 12.7. The largest absolute Gasteiger partial charge is 0.348 e. The minimum Gasteiger partial charge on any atom is -0.348 e. The number of hydrogen-bond acceptors (Lipinski definition) is 4. The van der Waals surface area contributed by atoms with Gasteiger partial charge in [-0.15, -0.1) is 0 Å². The van der Waals surface area contributed by atoms with E-state index in [-0.39, 0.29) is 19.0 Å². The Morgan fingerprint density at radius 2 is 0.757 bits per heavy atom. The summed E-state index contributed by atoms with van der Waals surface area (Å²) in [6.07, 6.45) is 26.6. The molecule has 210 valence electrons. The lowest BCUT2D eigenvalue weighted by Crippen LogP contribution is -2.37. The number of allylic oxidation sites excluding steroid dienone is 4. The van der Waals surface area contributed by atoms with Gasteiger partial charge in [-0.05, 0) is 115 Å². The normalized spacial score (nSPS) is 31.6. The zero-order valence-electron chi connectivity index (χ0n) is 22.8. The van der Waals surface area contributed by atoms with Crippen molar-refractivity contribution in [2.24, 2.45) is 11.8 Å². The zero-order chi connectivity index (χ0) is 24.3. The Morgan fingerprint density at radius 1 is 0.405 bits per heavy atom. The molecule has 7 fully saturated rings. The Hall–Kier alpha value is -0.680. The molecule has 2 spiro atoms. The van der Waals surface area contributed by atoms with E-state index in [0.29, 0.717) is 0 Å².